The molecule has 102 valence electrons. The normalized spacial score (nSPS) is 16.3. The van der Waals surface area contributed by atoms with Crippen LogP contribution >= 0.6 is 0 Å². The highest BCUT2D eigenvalue weighted by Gasteiger charge is 2.22. The van der Waals surface area contributed by atoms with Crippen molar-refractivity contribution in [1.82, 2.24) is 9.97 Å². The predicted molar refractivity (Wildman–Crippen MR) is 71.6 cm³/mol. The molecule has 0 spiro atoms. The average Bonchev–Trinajstić information content (AvgIpc) is 2.48. The molecule has 0 radical (unpaired) electrons. The first kappa shape index (κ1) is 13.7. The molecule has 1 aliphatic heterocycles. The van der Waals surface area contributed by atoms with Crippen molar-refractivity contribution in [3.63, 3.8) is 0 Å². The Morgan fingerprint density at radius 2 is 2.11 bits per heavy atom. The predicted octanol–water partition coefficient (Wildman–Crippen LogP) is 0.682. The highest BCUT2D eigenvalue weighted by Crippen LogP contribution is 2.21. The van der Waals surface area contributed by atoms with Crippen molar-refractivity contribution < 1.29 is 4.74 Å². The maximum atomic E-state index is 9.03. The number of ether oxygens (including phenoxy) is 1. The van der Waals surface area contributed by atoms with E-state index in [1.54, 1.807) is 12.4 Å². The third-order valence-electron chi connectivity index (χ3n) is 3.23. The number of piperidine rings is 1. The first-order valence-electron chi connectivity index (χ1n) is 6.63. The SMILES string of the molecule is N#Cc1nccnc1N1CCC(OCCCN)CC1. The van der Waals surface area contributed by atoms with Gasteiger partial charge in [-0.15, -0.1) is 0 Å². The molecule has 0 aliphatic carbocycles. The van der Waals surface area contributed by atoms with Crippen molar-refractivity contribution >= 4 is 5.82 Å². The third-order valence-corrected chi connectivity index (χ3v) is 3.23. The van der Waals surface area contributed by atoms with E-state index in [1.165, 1.54) is 0 Å². The summed E-state index contributed by atoms with van der Waals surface area (Å²) in [4.78, 5) is 10.4. The van der Waals surface area contributed by atoms with Crippen LogP contribution in [0, 0.1) is 11.3 Å². The molecule has 0 unspecified atom stereocenters. The van der Waals surface area contributed by atoms with Gasteiger partial charge in [0.05, 0.1) is 6.10 Å². The highest BCUT2D eigenvalue weighted by atomic mass is 16.5. The van der Waals surface area contributed by atoms with Crippen molar-refractivity contribution in [2.24, 2.45) is 5.73 Å². The molecule has 0 saturated carbocycles. The standard InChI is InChI=1S/C13H19N5O/c14-4-1-9-19-11-2-7-18(8-3-11)13-12(10-15)16-5-6-17-13/h5-6,11H,1-4,7-9,14H2. The van der Waals surface area contributed by atoms with Crippen LogP contribution in [-0.2, 0) is 4.74 Å². The summed E-state index contributed by atoms with van der Waals surface area (Å²) in [5.74, 6) is 0.686. The summed E-state index contributed by atoms with van der Waals surface area (Å²) in [6.07, 6.45) is 6.27. The van der Waals surface area contributed by atoms with E-state index >= 15 is 0 Å². The third kappa shape index (κ3) is 3.63. The van der Waals surface area contributed by atoms with Gasteiger partial charge in [-0.05, 0) is 25.8 Å². The van der Waals surface area contributed by atoms with Gasteiger partial charge in [-0.1, -0.05) is 0 Å². The molecule has 1 fully saturated rings. The van der Waals surface area contributed by atoms with E-state index < -0.39 is 0 Å². The number of hydrogen-bond donors (Lipinski definition) is 1. The van der Waals surface area contributed by atoms with E-state index in [2.05, 4.69) is 20.9 Å². The van der Waals surface area contributed by atoms with Gasteiger partial charge in [0.1, 0.15) is 6.07 Å². The molecule has 19 heavy (non-hydrogen) atoms. The van der Waals surface area contributed by atoms with Gasteiger partial charge in [-0.3, -0.25) is 0 Å². The van der Waals surface area contributed by atoms with Gasteiger partial charge >= 0.3 is 0 Å². The van der Waals surface area contributed by atoms with Crippen molar-refractivity contribution in [1.29, 1.82) is 5.26 Å². The summed E-state index contributed by atoms with van der Waals surface area (Å²) in [6, 6.07) is 2.09. The number of nitrogens with zero attached hydrogens (tertiary/aromatic N) is 4. The van der Waals surface area contributed by atoms with Crippen LogP contribution in [0.3, 0.4) is 0 Å². The zero-order valence-corrected chi connectivity index (χ0v) is 11.0. The van der Waals surface area contributed by atoms with Gasteiger partial charge in [0, 0.05) is 32.1 Å². The van der Waals surface area contributed by atoms with Crippen LogP contribution in [0.2, 0.25) is 0 Å². The van der Waals surface area contributed by atoms with Crippen LogP contribution in [-0.4, -0.2) is 42.3 Å². The first-order chi connectivity index (χ1) is 9.35. The second-order valence-electron chi connectivity index (χ2n) is 4.54. The Kier molecular flexibility index (Phi) is 5.07. The van der Waals surface area contributed by atoms with Gasteiger partial charge in [-0.25, -0.2) is 9.97 Å². The topological polar surface area (TPSA) is 88.1 Å². The molecule has 2 rings (SSSR count). The molecular formula is C13H19N5O. The number of rotatable bonds is 5. The second-order valence-corrected chi connectivity index (χ2v) is 4.54. The van der Waals surface area contributed by atoms with E-state index in [0.717, 1.165) is 39.0 Å². The summed E-state index contributed by atoms with van der Waals surface area (Å²) in [7, 11) is 0. The van der Waals surface area contributed by atoms with Crippen molar-refractivity contribution in [2.45, 2.75) is 25.4 Å². The summed E-state index contributed by atoms with van der Waals surface area (Å²) in [5.41, 5.74) is 5.83. The molecule has 0 atom stereocenters. The zero-order valence-electron chi connectivity index (χ0n) is 11.0. The molecule has 1 saturated heterocycles. The quantitative estimate of drug-likeness (QED) is 0.784. The monoisotopic (exact) mass is 261 g/mol. The number of aromatic nitrogens is 2. The maximum absolute atomic E-state index is 9.03. The molecule has 2 N–H and O–H groups in total. The van der Waals surface area contributed by atoms with Crippen LogP contribution in [0.15, 0.2) is 12.4 Å². The van der Waals surface area contributed by atoms with Crippen LogP contribution < -0.4 is 10.6 Å². The lowest BCUT2D eigenvalue weighted by Crippen LogP contribution is -2.38. The van der Waals surface area contributed by atoms with Gasteiger partial charge < -0.3 is 15.4 Å². The Morgan fingerprint density at radius 1 is 1.37 bits per heavy atom. The molecule has 2 heterocycles. The first-order valence-corrected chi connectivity index (χ1v) is 6.63. The summed E-state index contributed by atoms with van der Waals surface area (Å²) < 4.78 is 5.76. The lowest BCUT2D eigenvalue weighted by Gasteiger charge is -2.32. The van der Waals surface area contributed by atoms with Gasteiger partial charge in [0.2, 0.25) is 0 Å². The molecule has 6 nitrogen and oxygen atoms in total. The molecule has 0 bridgehead atoms. The summed E-state index contributed by atoms with van der Waals surface area (Å²) in [5, 5.41) is 9.03. The van der Waals surface area contributed by atoms with Gasteiger partial charge in [0.15, 0.2) is 11.5 Å². The Hall–Kier alpha value is -1.71. The minimum atomic E-state index is 0.296. The van der Waals surface area contributed by atoms with Crippen LogP contribution in [0.4, 0.5) is 5.82 Å². The van der Waals surface area contributed by atoms with E-state index in [4.69, 9.17) is 15.7 Å². The van der Waals surface area contributed by atoms with Gasteiger partial charge in [-0.2, -0.15) is 5.26 Å². The Bertz CT molecular complexity index is 437. The molecule has 0 aromatic carbocycles. The lowest BCUT2D eigenvalue weighted by atomic mass is 10.1. The van der Waals surface area contributed by atoms with Crippen molar-refractivity contribution in [2.75, 3.05) is 31.1 Å². The van der Waals surface area contributed by atoms with Crippen LogP contribution in [0.25, 0.3) is 0 Å². The lowest BCUT2D eigenvalue weighted by molar-refractivity contribution is 0.0365. The fraction of sp³-hybridized carbons (Fsp3) is 0.615. The Labute approximate surface area is 113 Å². The highest BCUT2D eigenvalue weighted by molar-refractivity contribution is 5.49. The second kappa shape index (κ2) is 7.02. The van der Waals surface area contributed by atoms with E-state index in [0.29, 0.717) is 24.2 Å². The minimum Gasteiger partial charge on any atom is -0.378 e. The number of hydrogen-bond acceptors (Lipinski definition) is 6. The smallest absolute Gasteiger partial charge is 0.183 e. The summed E-state index contributed by atoms with van der Waals surface area (Å²) >= 11 is 0. The molecule has 1 aromatic heterocycles. The van der Waals surface area contributed by atoms with Crippen LogP contribution in [0.5, 0.6) is 0 Å². The van der Waals surface area contributed by atoms with Crippen LogP contribution in [0.1, 0.15) is 25.0 Å². The van der Waals surface area contributed by atoms with Gasteiger partial charge in [0.25, 0.3) is 0 Å². The molecular weight excluding hydrogens is 242 g/mol. The number of nitrogens with two attached hydrogens (primary N) is 1. The fourth-order valence-electron chi connectivity index (χ4n) is 2.21. The Balaban J connectivity index is 1.88. The zero-order chi connectivity index (χ0) is 13.5. The molecule has 0 amide bonds. The van der Waals surface area contributed by atoms with E-state index in [1.807, 2.05) is 0 Å². The Morgan fingerprint density at radius 3 is 2.79 bits per heavy atom. The molecule has 1 aliphatic rings. The minimum absolute atomic E-state index is 0.296. The average molecular weight is 261 g/mol. The summed E-state index contributed by atoms with van der Waals surface area (Å²) in [6.45, 7) is 3.10. The molecule has 6 heteroatoms. The molecule has 1 aromatic rings. The number of nitriles is 1. The maximum Gasteiger partial charge on any atom is 0.183 e. The largest absolute Gasteiger partial charge is 0.378 e. The van der Waals surface area contributed by atoms with Crippen molar-refractivity contribution in [3.8, 4) is 6.07 Å². The fourth-order valence-corrected chi connectivity index (χ4v) is 2.21. The number of anilines is 1. The van der Waals surface area contributed by atoms with Crippen molar-refractivity contribution in [3.05, 3.63) is 18.1 Å². The van der Waals surface area contributed by atoms with E-state index in [-0.39, 0.29) is 0 Å². The van der Waals surface area contributed by atoms with E-state index in [9.17, 15) is 0 Å².